The van der Waals surface area contributed by atoms with E-state index in [1.54, 1.807) is 0 Å². The molecule has 0 saturated carbocycles. The number of hydrogen-bond acceptors (Lipinski definition) is 1. The first kappa shape index (κ1) is 11.3. The van der Waals surface area contributed by atoms with Gasteiger partial charge in [-0.3, -0.25) is 4.98 Å². The van der Waals surface area contributed by atoms with E-state index >= 15 is 0 Å². The van der Waals surface area contributed by atoms with E-state index < -0.39 is 0 Å². The summed E-state index contributed by atoms with van der Waals surface area (Å²) in [4.78, 5) is 4.22. The fourth-order valence-electron chi connectivity index (χ4n) is 1.84. The molecular weight excluding hydrogens is 262 g/mol. The van der Waals surface area contributed by atoms with Gasteiger partial charge in [0.25, 0.3) is 0 Å². The third-order valence-electron chi connectivity index (χ3n) is 2.67. The molecule has 16 heavy (non-hydrogen) atoms. The molecule has 0 saturated heterocycles. The van der Waals surface area contributed by atoms with Crippen LogP contribution in [0, 0.1) is 20.8 Å². The number of pyridine rings is 1. The molecule has 0 spiro atoms. The summed E-state index contributed by atoms with van der Waals surface area (Å²) < 4.78 is 1.20. The summed E-state index contributed by atoms with van der Waals surface area (Å²) in [5.74, 6) is 0. The smallest absolute Gasteiger partial charge is 0.0378 e. The van der Waals surface area contributed by atoms with Gasteiger partial charge in [-0.2, -0.15) is 0 Å². The van der Waals surface area contributed by atoms with Crippen LogP contribution in [0.15, 0.2) is 34.9 Å². The minimum atomic E-state index is 1.05. The predicted molar refractivity (Wildman–Crippen MR) is 71.6 cm³/mol. The number of nitrogens with zero attached hydrogens (tertiary/aromatic N) is 1. The number of aryl methyl sites for hydroxylation is 3. The lowest BCUT2D eigenvalue weighted by atomic mass is 10.0. The molecule has 0 radical (unpaired) electrons. The zero-order chi connectivity index (χ0) is 11.7. The number of rotatable bonds is 1. The predicted octanol–water partition coefficient (Wildman–Crippen LogP) is 4.44. The quantitative estimate of drug-likeness (QED) is 0.750. The Hall–Kier alpha value is -1.15. The van der Waals surface area contributed by atoms with Crippen LogP contribution in [0.3, 0.4) is 0 Å². The molecule has 0 fully saturated rings. The van der Waals surface area contributed by atoms with E-state index in [-0.39, 0.29) is 0 Å². The van der Waals surface area contributed by atoms with Gasteiger partial charge in [0.05, 0.1) is 0 Å². The van der Waals surface area contributed by atoms with Crippen molar-refractivity contribution in [3.8, 4) is 11.1 Å². The lowest BCUT2D eigenvalue weighted by Gasteiger charge is -2.08. The molecular formula is C14H14BrN. The molecule has 0 N–H and O–H groups in total. The van der Waals surface area contributed by atoms with E-state index in [0.717, 1.165) is 5.69 Å². The molecule has 0 amide bonds. The van der Waals surface area contributed by atoms with Crippen LogP contribution in [0.25, 0.3) is 11.1 Å². The second-order valence-corrected chi connectivity index (χ2v) is 4.90. The molecule has 0 bridgehead atoms. The summed E-state index contributed by atoms with van der Waals surface area (Å²) in [5, 5.41) is 0. The van der Waals surface area contributed by atoms with Crippen molar-refractivity contribution in [2.45, 2.75) is 20.8 Å². The maximum absolute atomic E-state index is 4.22. The van der Waals surface area contributed by atoms with Crippen LogP contribution in [0.5, 0.6) is 0 Å². The molecule has 1 aromatic heterocycles. The Morgan fingerprint density at radius 1 is 0.938 bits per heavy atom. The molecule has 0 atom stereocenters. The lowest BCUT2D eigenvalue weighted by molar-refractivity contribution is 1.20. The van der Waals surface area contributed by atoms with Gasteiger partial charge in [0.15, 0.2) is 0 Å². The van der Waals surface area contributed by atoms with E-state index in [4.69, 9.17) is 0 Å². The highest BCUT2D eigenvalue weighted by Gasteiger charge is 2.04. The van der Waals surface area contributed by atoms with Crippen molar-refractivity contribution >= 4 is 15.9 Å². The van der Waals surface area contributed by atoms with Crippen LogP contribution >= 0.6 is 15.9 Å². The summed E-state index contributed by atoms with van der Waals surface area (Å²) >= 11 is 3.59. The highest BCUT2D eigenvalue weighted by Crippen LogP contribution is 2.28. The minimum Gasteiger partial charge on any atom is -0.262 e. The average molecular weight is 276 g/mol. The summed E-state index contributed by atoms with van der Waals surface area (Å²) in [7, 11) is 0. The van der Waals surface area contributed by atoms with Gasteiger partial charge >= 0.3 is 0 Å². The van der Waals surface area contributed by atoms with Crippen molar-refractivity contribution in [2.24, 2.45) is 0 Å². The third kappa shape index (κ3) is 2.17. The largest absolute Gasteiger partial charge is 0.262 e. The maximum atomic E-state index is 4.22. The molecule has 0 unspecified atom stereocenters. The average Bonchev–Trinajstić information content (AvgIpc) is 2.25. The lowest BCUT2D eigenvalue weighted by Crippen LogP contribution is -1.87. The number of benzene rings is 1. The van der Waals surface area contributed by atoms with Gasteiger partial charge in [0.1, 0.15) is 0 Å². The highest BCUT2D eigenvalue weighted by molar-refractivity contribution is 9.10. The van der Waals surface area contributed by atoms with Gasteiger partial charge in [0, 0.05) is 16.4 Å². The summed E-state index contributed by atoms with van der Waals surface area (Å²) in [5.41, 5.74) is 6.07. The Labute approximate surface area is 105 Å². The summed E-state index contributed by atoms with van der Waals surface area (Å²) in [6, 6.07) is 8.56. The molecule has 0 aliphatic rings. The van der Waals surface area contributed by atoms with E-state index in [1.807, 2.05) is 13.1 Å². The molecule has 2 rings (SSSR count). The van der Waals surface area contributed by atoms with Crippen LogP contribution in [0.2, 0.25) is 0 Å². The SMILES string of the molecule is Cc1cc(-c2cc(C)c(Br)c(C)c2)ccn1. The Kier molecular flexibility index (Phi) is 3.10. The van der Waals surface area contributed by atoms with Crippen LogP contribution in [-0.2, 0) is 0 Å². The number of halogens is 1. The first-order valence-corrected chi connectivity index (χ1v) is 6.07. The van der Waals surface area contributed by atoms with Crippen molar-refractivity contribution in [2.75, 3.05) is 0 Å². The van der Waals surface area contributed by atoms with Crippen LogP contribution < -0.4 is 0 Å². The van der Waals surface area contributed by atoms with Gasteiger partial charge in [-0.15, -0.1) is 0 Å². The van der Waals surface area contributed by atoms with Crippen molar-refractivity contribution in [3.05, 3.63) is 51.8 Å². The van der Waals surface area contributed by atoms with Crippen LogP contribution in [-0.4, -0.2) is 4.98 Å². The van der Waals surface area contributed by atoms with Gasteiger partial charge in [-0.25, -0.2) is 0 Å². The zero-order valence-electron chi connectivity index (χ0n) is 9.71. The van der Waals surface area contributed by atoms with E-state index in [0.29, 0.717) is 0 Å². The van der Waals surface area contributed by atoms with Gasteiger partial charge < -0.3 is 0 Å². The molecule has 2 heteroatoms. The second kappa shape index (κ2) is 4.38. The fourth-order valence-corrected chi connectivity index (χ4v) is 2.07. The normalized spacial score (nSPS) is 10.5. The topological polar surface area (TPSA) is 12.9 Å². The van der Waals surface area contributed by atoms with Crippen LogP contribution in [0.4, 0.5) is 0 Å². The van der Waals surface area contributed by atoms with Gasteiger partial charge in [-0.05, 0) is 55.2 Å². The van der Waals surface area contributed by atoms with Crippen molar-refractivity contribution in [3.63, 3.8) is 0 Å². The van der Waals surface area contributed by atoms with Crippen molar-refractivity contribution in [1.82, 2.24) is 4.98 Å². The maximum Gasteiger partial charge on any atom is 0.0378 e. The molecule has 1 aromatic carbocycles. The molecule has 0 aliphatic carbocycles. The molecule has 82 valence electrons. The fraction of sp³-hybridized carbons (Fsp3) is 0.214. The number of hydrogen-bond donors (Lipinski definition) is 0. The van der Waals surface area contributed by atoms with Gasteiger partial charge in [0.2, 0.25) is 0 Å². The Morgan fingerprint density at radius 2 is 1.56 bits per heavy atom. The first-order valence-electron chi connectivity index (χ1n) is 5.27. The number of aromatic nitrogens is 1. The van der Waals surface area contributed by atoms with Crippen LogP contribution in [0.1, 0.15) is 16.8 Å². The summed E-state index contributed by atoms with van der Waals surface area (Å²) in [6.45, 7) is 6.26. The van der Waals surface area contributed by atoms with E-state index in [1.165, 1.54) is 26.7 Å². The van der Waals surface area contributed by atoms with E-state index in [9.17, 15) is 0 Å². The molecule has 1 nitrogen and oxygen atoms in total. The van der Waals surface area contributed by atoms with Crippen molar-refractivity contribution < 1.29 is 0 Å². The summed E-state index contributed by atoms with van der Waals surface area (Å²) in [6.07, 6.45) is 1.86. The zero-order valence-corrected chi connectivity index (χ0v) is 11.3. The monoisotopic (exact) mass is 275 g/mol. The molecule has 1 heterocycles. The first-order chi connectivity index (χ1) is 7.58. The Bertz CT molecular complexity index is 509. The Balaban J connectivity index is 2.57. The van der Waals surface area contributed by atoms with E-state index in [2.05, 4.69) is 59.0 Å². The third-order valence-corrected chi connectivity index (χ3v) is 3.92. The van der Waals surface area contributed by atoms with Gasteiger partial charge in [-0.1, -0.05) is 28.1 Å². The molecule has 2 aromatic rings. The van der Waals surface area contributed by atoms with Crippen molar-refractivity contribution in [1.29, 1.82) is 0 Å². The minimum absolute atomic E-state index is 1.05. The standard InChI is InChI=1S/C14H14BrN/c1-9-6-13(7-10(2)14(9)15)12-4-5-16-11(3)8-12/h4-8H,1-3H3. The molecule has 0 aliphatic heterocycles. The second-order valence-electron chi connectivity index (χ2n) is 4.11. The Morgan fingerprint density at radius 3 is 2.12 bits per heavy atom. The highest BCUT2D eigenvalue weighted by atomic mass is 79.9.